The molecule has 0 bridgehead atoms. The van der Waals surface area contributed by atoms with Crippen LogP contribution in [0.2, 0.25) is 0 Å². The molecule has 0 aliphatic heterocycles. The fourth-order valence-corrected chi connectivity index (χ4v) is 1.34. The van der Waals surface area contributed by atoms with Crippen LogP contribution in [0.15, 0.2) is 0 Å². The maximum Gasteiger partial charge on any atom is -0.0391 e. The van der Waals surface area contributed by atoms with E-state index in [0.29, 0.717) is 0 Å². The van der Waals surface area contributed by atoms with Crippen LogP contribution in [0, 0.1) is 11.8 Å². The van der Waals surface area contributed by atoms with Crippen LogP contribution >= 0.6 is 0 Å². The molecule has 0 aromatic rings. The Morgan fingerprint density at radius 2 is 2.14 bits per heavy atom. The third kappa shape index (κ3) is 0.793. The van der Waals surface area contributed by atoms with Gasteiger partial charge in [0.05, 0.1) is 0 Å². The highest BCUT2D eigenvalue weighted by Gasteiger charge is 2.23. The van der Waals surface area contributed by atoms with Gasteiger partial charge in [0.25, 0.3) is 0 Å². The van der Waals surface area contributed by atoms with Crippen molar-refractivity contribution in [1.82, 2.24) is 0 Å². The Hall–Kier alpha value is 0. The molecule has 0 spiro atoms. The Balaban J connectivity index is 2.16. The smallest absolute Gasteiger partial charge is 0.0391 e. The van der Waals surface area contributed by atoms with Gasteiger partial charge in [-0.15, -0.1) is 0 Å². The van der Waals surface area contributed by atoms with Crippen LogP contribution in [0.25, 0.3) is 0 Å². The minimum atomic E-state index is 1.05. The Morgan fingerprint density at radius 1 is 1.43 bits per heavy atom. The normalized spacial score (nSPS) is 40.3. The molecule has 0 N–H and O–H groups in total. The van der Waals surface area contributed by atoms with E-state index in [9.17, 15) is 0 Å². The fraction of sp³-hybridized carbons (Fsp3) is 1.00. The van der Waals surface area contributed by atoms with Crippen molar-refractivity contribution in [3.63, 3.8) is 0 Å². The first-order valence-corrected chi connectivity index (χ1v) is 3.34. The van der Waals surface area contributed by atoms with Crippen molar-refractivity contribution >= 4 is 0 Å². The molecule has 42 valence electrons. The standard InChI is InChI=1S/C7H14/c1-3-7-5-4-6(7)2/h6-7H,3-5H2,1-2H3/t6-,7?/m1/s1. The zero-order valence-electron chi connectivity index (χ0n) is 5.28. The number of rotatable bonds is 1. The zero-order valence-corrected chi connectivity index (χ0v) is 5.28. The molecule has 0 nitrogen and oxygen atoms in total. The van der Waals surface area contributed by atoms with Gasteiger partial charge < -0.3 is 0 Å². The molecular formula is C7H14. The highest BCUT2D eigenvalue weighted by atomic mass is 14.3. The van der Waals surface area contributed by atoms with Gasteiger partial charge in [-0.05, 0) is 18.3 Å². The summed E-state index contributed by atoms with van der Waals surface area (Å²) in [6, 6.07) is 0. The largest absolute Gasteiger partial charge is 0.0651 e. The lowest BCUT2D eigenvalue weighted by molar-refractivity contribution is 0.190. The van der Waals surface area contributed by atoms with Gasteiger partial charge in [0.2, 0.25) is 0 Å². The van der Waals surface area contributed by atoms with Crippen molar-refractivity contribution in [2.45, 2.75) is 33.1 Å². The van der Waals surface area contributed by atoms with E-state index in [0.717, 1.165) is 11.8 Å². The summed E-state index contributed by atoms with van der Waals surface area (Å²) in [4.78, 5) is 0. The third-order valence-electron chi connectivity index (χ3n) is 2.32. The maximum absolute atomic E-state index is 2.36. The molecule has 2 atom stereocenters. The van der Waals surface area contributed by atoms with E-state index >= 15 is 0 Å². The molecule has 7 heavy (non-hydrogen) atoms. The van der Waals surface area contributed by atoms with Crippen LogP contribution in [0.1, 0.15) is 33.1 Å². The molecule has 1 fully saturated rings. The van der Waals surface area contributed by atoms with E-state index in [1.165, 1.54) is 19.3 Å². The van der Waals surface area contributed by atoms with Gasteiger partial charge in [0, 0.05) is 0 Å². The van der Waals surface area contributed by atoms with Crippen LogP contribution in [-0.4, -0.2) is 0 Å². The first-order valence-electron chi connectivity index (χ1n) is 3.34. The molecular weight excluding hydrogens is 84.1 g/mol. The van der Waals surface area contributed by atoms with Crippen LogP contribution in [0.5, 0.6) is 0 Å². The fourth-order valence-electron chi connectivity index (χ4n) is 1.34. The quantitative estimate of drug-likeness (QED) is 0.472. The predicted octanol–water partition coefficient (Wildman–Crippen LogP) is 2.44. The third-order valence-corrected chi connectivity index (χ3v) is 2.32. The predicted molar refractivity (Wildman–Crippen MR) is 32.2 cm³/mol. The number of hydrogen-bond acceptors (Lipinski definition) is 0. The molecule has 1 aliphatic rings. The monoisotopic (exact) mass is 98.1 g/mol. The van der Waals surface area contributed by atoms with E-state index in [2.05, 4.69) is 13.8 Å². The minimum absolute atomic E-state index is 1.05. The molecule has 0 heterocycles. The van der Waals surface area contributed by atoms with E-state index < -0.39 is 0 Å². The summed E-state index contributed by atoms with van der Waals surface area (Å²) in [5, 5.41) is 0. The molecule has 1 aliphatic carbocycles. The summed E-state index contributed by atoms with van der Waals surface area (Å²) in [5.41, 5.74) is 0. The molecule has 1 rings (SSSR count). The molecule has 0 heteroatoms. The second kappa shape index (κ2) is 1.85. The first kappa shape index (κ1) is 5.14. The second-order valence-electron chi connectivity index (χ2n) is 2.72. The van der Waals surface area contributed by atoms with Gasteiger partial charge in [0.1, 0.15) is 0 Å². The van der Waals surface area contributed by atoms with Crippen molar-refractivity contribution in [2.24, 2.45) is 11.8 Å². The van der Waals surface area contributed by atoms with Crippen molar-refractivity contribution in [3.05, 3.63) is 0 Å². The SMILES string of the molecule is CCC1CC[C@H]1C. The van der Waals surface area contributed by atoms with Gasteiger partial charge >= 0.3 is 0 Å². The minimum Gasteiger partial charge on any atom is -0.0651 e. The van der Waals surface area contributed by atoms with Crippen LogP contribution in [0.4, 0.5) is 0 Å². The van der Waals surface area contributed by atoms with E-state index in [1.807, 2.05) is 0 Å². The van der Waals surface area contributed by atoms with Crippen LogP contribution in [0.3, 0.4) is 0 Å². The van der Waals surface area contributed by atoms with Gasteiger partial charge in [-0.1, -0.05) is 26.7 Å². The highest BCUT2D eigenvalue weighted by Crippen LogP contribution is 2.35. The molecule has 0 aromatic carbocycles. The van der Waals surface area contributed by atoms with Crippen molar-refractivity contribution in [2.75, 3.05) is 0 Å². The highest BCUT2D eigenvalue weighted by molar-refractivity contribution is 4.75. The average Bonchev–Trinajstić information content (AvgIpc) is 1.65. The molecule has 1 saturated carbocycles. The Labute approximate surface area is 45.9 Å². The summed E-state index contributed by atoms with van der Waals surface area (Å²) < 4.78 is 0. The van der Waals surface area contributed by atoms with Crippen molar-refractivity contribution in [1.29, 1.82) is 0 Å². The lowest BCUT2D eigenvalue weighted by atomic mass is 9.74. The van der Waals surface area contributed by atoms with Gasteiger partial charge in [-0.3, -0.25) is 0 Å². The summed E-state index contributed by atoms with van der Waals surface area (Å²) in [6.07, 6.45) is 4.39. The van der Waals surface area contributed by atoms with Crippen molar-refractivity contribution in [3.8, 4) is 0 Å². The topological polar surface area (TPSA) is 0 Å². The lowest BCUT2D eigenvalue weighted by Crippen LogP contribution is -2.21. The zero-order chi connectivity index (χ0) is 5.28. The van der Waals surface area contributed by atoms with Gasteiger partial charge in [-0.25, -0.2) is 0 Å². The molecule has 0 aromatic heterocycles. The summed E-state index contributed by atoms with van der Waals surface area (Å²) in [6.45, 7) is 4.65. The first-order chi connectivity index (χ1) is 3.34. The Morgan fingerprint density at radius 3 is 2.14 bits per heavy atom. The van der Waals surface area contributed by atoms with Gasteiger partial charge in [-0.2, -0.15) is 0 Å². The van der Waals surface area contributed by atoms with E-state index in [-0.39, 0.29) is 0 Å². The summed E-state index contributed by atoms with van der Waals surface area (Å²) in [5.74, 6) is 2.13. The molecule has 0 saturated heterocycles. The summed E-state index contributed by atoms with van der Waals surface area (Å²) in [7, 11) is 0. The summed E-state index contributed by atoms with van der Waals surface area (Å²) >= 11 is 0. The second-order valence-corrected chi connectivity index (χ2v) is 2.72. The molecule has 0 radical (unpaired) electrons. The molecule has 1 unspecified atom stereocenters. The Bertz CT molecular complexity index is 55.1. The van der Waals surface area contributed by atoms with Crippen LogP contribution < -0.4 is 0 Å². The van der Waals surface area contributed by atoms with Crippen LogP contribution in [-0.2, 0) is 0 Å². The van der Waals surface area contributed by atoms with Crippen molar-refractivity contribution < 1.29 is 0 Å². The molecule has 0 amide bonds. The number of hydrogen-bond donors (Lipinski definition) is 0. The van der Waals surface area contributed by atoms with E-state index in [4.69, 9.17) is 0 Å². The van der Waals surface area contributed by atoms with Gasteiger partial charge in [0.15, 0.2) is 0 Å². The van der Waals surface area contributed by atoms with E-state index in [1.54, 1.807) is 0 Å². The Kier molecular flexibility index (Phi) is 1.36. The lowest BCUT2D eigenvalue weighted by Gasteiger charge is -2.32. The average molecular weight is 98.2 g/mol. The maximum atomic E-state index is 2.36.